The first-order valence-electron chi connectivity index (χ1n) is 6.98. The first kappa shape index (κ1) is 11.6. The number of nitrogens with zero attached hydrogens (tertiary/aromatic N) is 1. The van der Waals surface area contributed by atoms with Gasteiger partial charge >= 0.3 is 0 Å². The van der Waals surface area contributed by atoms with E-state index in [-0.39, 0.29) is 6.10 Å². The molecule has 18 heavy (non-hydrogen) atoms. The number of rotatable bonds is 5. The van der Waals surface area contributed by atoms with Crippen LogP contribution in [0.15, 0.2) is 30.5 Å². The molecular weight excluding hydrogens is 222 g/mol. The number of aromatic nitrogens is 1. The maximum atomic E-state index is 5.73. The summed E-state index contributed by atoms with van der Waals surface area (Å²) >= 11 is 0. The van der Waals surface area contributed by atoms with Crippen LogP contribution in [0.5, 0.6) is 5.75 Å². The number of ether oxygens (including phenoxy) is 1. The van der Waals surface area contributed by atoms with Crippen LogP contribution in [-0.2, 0) is 6.54 Å². The van der Waals surface area contributed by atoms with Crippen LogP contribution in [0, 0.1) is 5.92 Å². The van der Waals surface area contributed by atoms with E-state index in [2.05, 4.69) is 48.9 Å². The minimum absolute atomic E-state index is 0.236. The summed E-state index contributed by atoms with van der Waals surface area (Å²) in [5.41, 5.74) is 1.33. The molecule has 0 radical (unpaired) electrons. The minimum Gasteiger partial charge on any atom is -0.491 e. The fraction of sp³-hybridized carbons (Fsp3) is 0.500. The van der Waals surface area contributed by atoms with Gasteiger partial charge in [-0.05, 0) is 50.5 Å². The van der Waals surface area contributed by atoms with Crippen molar-refractivity contribution in [3.63, 3.8) is 0 Å². The van der Waals surface area contributed by atoms with E-state index in [0.717, 1.165) is 18.2 Å². The average molecular weight is 243 g/mol. The summed E-state index contributed by atoms with van der Waals surface area (Å²) in [6.07, 6.45) is 6.64. The maximum absolute atomic E-state index is 5.73. The predicted octanol–water partition coefficient (Wildman–Crippen LogP) is 4.23. The molecule has 0 bridgehead atoms. The zero-order valence-electron chi connectivity index (χ0n) is 11.2. The summed E-state index contributed by atoms with van der Waals surface area (Å²) < 4.78 is 8.10. The highest BCUT2D eigenvalue weighted by Gasteiger charge is 2.20. The lowest BCUT2D eigenvalue weighted by atomic mass is 10.2. The molecule has 1 aromatic heterocycles. The van der Waals surface area contributed by atoms with Gasteiger partial charge in [0, 0.05) is 23.6 Å². The van der Waals surface area contributed by atoms with Gasteiger partial charge in [-0.15, -0.1) is 0 Å². The van der Waals surface area contributed by atoms with E-state index >= 15 is 0 Å². The minimum atomic E-state index is 0.236. The Morgan fingerprint density at radius 2 is 2.11 bits per heavy atom. The lowest BCUT2D eigenvalue weighted by Gasteiger charge is -2.10. The van der Waals surface area contributed by atoms with Gasteiger partial charge in [-0.25, -0.2) is 0 Å². The molecule has 96 valence electrons. The Hall–Kier alpha value is -1.44. The second-order valence-electron chi connectivity index (χ2n) is 5.63. The van der Waals surface area contributed by atoms with Crippen molar-refractivity contribution in [1.82, 2.24) is 4.57 Å². The standard InChI is InChI=1S/C16H21NO/c1-12(2)18-15-5-6-16-14(11-15)8-10-17(16)9-7-13-3-4-13/h5-6,8,10-13H,3-4,7,9H2,1-2H3. The SMILES string of the molecule is CC(C)Oc1ccc2c(ccn2CCC2CC2)c1. The summed E-state index contributed by atoms with van der Waals surface area (Å²) in [7, 11) is 0. The summed E-state index contributed by atoms with van der Waals surface area (Å²) in [5, 5.41) is 1.28. The zero-order valence-corrected chi connectivity index (χ0v) is 11.2. The number of fused-ring (bicyclic) bond motifs is 1. The fourth-order valence-electron chi connectivity index (χ4n) is 2.45. The van der Waals surface area contributed by atoms with Crippen molar-refractivity contribution < 1.29 is 4.74 Å². The number of hydrogen-bond donors (Lipinski definition) is 0. The summed E-state index contributed by atoms with van der Waals surface area (Å²) in [6.45, 7) is 5.27. The molecule has 2 nitrogen and oxygen atoms in total. The van der Waals surface area contributed by atoms with Crippen molar-refractivity contribution in [1.29, 1.82) is 0 Å². The topological polar surface area (TPSA) is 14.2 Å². The summed E-state index contributed by atoms with van der Waals surface area (Å²) in [5.74, 6) is 1.96. The Bertz CT molecular complexity index is 537. The highest BCUT2D eigenvalue weighted by molar-refractivity contribution is 5.81. The third-order valence-electron chi connectivity index (χ3n) is 3.59. The monoisotopic (exact) mass is 243 g/mol. The molecule has 2 aromatic rings. The second-order valence-corrected chi connectivity index (χ2v) is 5.63. The molecule has 1 fully saturated rings. The molecule has 0 unspecified atom stereocenters. The summed E-state index contributed by atoms with van der Waals surface area (Å²) in [6, 6.07) is 8.59. The smallest absolute Gasteiger partial charge is 0.120 e. The van der Waals surface area contributed by atoms with Gasteiger partial charge in [0.25, 0.3) is 0 Å². The maximum Gasteiger partial charge on any atom is 0.120 e. The van der Waals surface area contributed by atoms with E-state index in [1.165, 1.54) is 30.2 Å². The first-order valence-corrected chi connectivity index (χ1v) is 6.98. The molecule has 0 atom stereocenters. The third kappa shape index (κ3) is 2.53. The molecule has 0 spiro atoms. The number of hydrogen-bond acceptors (Lipinski definition) is 1. The Morgan fingerprint density at radius 1 is 1.28 bits per heavy atom. The van der Waals surface area contributed by atoms with Gasteiger partial charge in [0.2, 0.25) is 0 Å². The van der Waals surface area contributed by atoms with Crippen molar-refractivity contribution in [2.24, 2.45) is 5.92 Å². The van der Waals surface area contributed by atoms with Crippen molar-refractivity contribution >= 4 is 10.9 Å². The summed E-state index contributed by atoms with van der Waals surface area (Å²) in [4.78, 5) is 0. The molecule has 0 amide bonds. The third-order valence-corrected chi connectivity index (χ3v) is 3.59. The van der Waals surface area contributed by atoms with E-state index in [9.17, 15) is 0 Å². The molecular formula is C16H21NO. The number of benzene rings is 1. The molecule has 1 aliphatic carbocycles. The predicted molar refractivity (Wildman–Crippen MR) is 75.0 cm³/mol. The Labute approximate surface area is 109 Å². The van der Waals surface area contributed by atoms with Gasteiger partial charge in [-0.3, -0.25) is 0 Å². The van der Waals surface area contributed by atoms with E-state index in [1.54, 1.807) is 0 Å². The van der Waals surface area contributed by atoms with Crippen LogP contribution in [0.3, 0.4) is 0 Å². The normalized spacial score (nSPS) is 15.5. The van der Waals surface area contributed by atoms with Gasteiger partial charge < -0.3 is 9.30 Å². The Balaban J connectivity index is 1.80. The van der Waals surface area contributed by atoms with Gasteiger partial charge in [0.05, 0.1) is 6.10 Å². The quantitative estimate of drug-likeness (QED) is 0.766. The molecule has 2 heteroatoms. The molecule has 3 rings (SSSR count). The van der Waals surface area contributed by atoms with Crippen molar-refractivity contribution in [3.8, 4) is 5.75 Å². The van der Waals surface area contributed by atoms with Gasteiger partial charge in [0.1, 0.15) is 5.75 Å². The molecule has 0 N–H and O–H groups in total. The van der Waals surface area contributed by atoms with Crippen LogP contribution in [0.2, 0.25) is 0 Å². The van der Waals surface area contributed by atoms with Crippen molar-refractivity contribution in [2.45, 2.75) is 45.8 Å². The Morgan fingerprint density at radius 3 is 2.83 bits per heavy atom. The molecule has 1 saturated carbocycles. The van der Waals surface area contributed by atoms with Crippen LogP contribution in [-0.4, -0.2) is 10.7 Å². The highest BCUT2D eigenvalue weighted by atomic mass is 16.5. The van der Waals surface area contributed by atoms with Crippen molar-refractivity contribution in [3.05, 3.63) is 30.5 Å². The van der Waals surface area contributed by atoms with Crippen LogP contribution in [0.25, 0.3) is 10.9 Å². The first-order chi connectivity index (χ1) is 8.72. The average Bonchev–Trinajstić information content (AvgIpc) is 3.07. The van der Waals surface area contributed by atoms with Gasteiger partial charge in [-0.2, -0.15) is 0 Å². The van der Waals surface area contributed by atoms with E-state index < -0.39 is 0 Å². The van der Waals surface area contributed by atoms with E-state index in [0.29, 0.717) is 0 Å². The Kier molecular flexibility index (Phi) is 3.02. The van der Waals surface area contributed by atoms with Gasteiger partial charge in [-0.1, -0.05) is 12.8 Å². The number of aryl methyl sites for hydroxylation is 1. The van der Waals surface area contributed by atoms with Crippen LogP contribution in [0.4, 0.5) is 0 Å². The molecule has 1 aromatic carbocycles. The van der Waals surface area contributed by atoms with Gasteiger partial charge in [0.15, 0.2) is 0 Å². The largest absolute Gasteiger partial charge is 0.491 e. The van der Waals surface area contributed by atoms with E-state index in [4.69, 9.17) is 4.74 Å². The molecule has 0 saturated heterocycles. The molecule has 1 aliphatic rings. The molecule has 1 heterocycles. The lowest BCUT2D eigenvalue weighted by Crippen LogP contribution is -2.05. The van der Waals surface area contributed by atoms with Crippen LogP contribution >= 0.6 is 0 Å². The van der Waals surface area contributed by atoms with E-state index in [1.807, 2.05) is 0 Å². The lowest BCUT2D eigenvalue weighted by molar-refractivity contribution is 0.243. The zero-order chi connectivity index (χ0) is 12.5. The van der Waals surface area contributed by atoms with Crippen molar-refractivity contribution in [2.75, 3.05) is 0 Å². The highest BCUT2D eigenvalue weighted by Crippen LogP contribution is 2.33. The van der Waals surface area contributed by atoms with Crippen LogP contribution in [0.1, 0.15) is 33.1 Å². The van der Waals surface area contributed by atoms with Crippen LogP contribution < -0.4 is 4.74 Å². The second kappa shape index (κ2) is 4.68. The molecule has 0 aliphatic heterocycles. The fourth-order valence-corrected chi connectivity index (χ4v) is 2.45.